The van der Waals surface area contributed by atoms with E-state index in [-0.39, 0.29) is 12.0 Å². The molecule has 0 spiro atoms. The van der Waals surface area contributed by atoms with Crippen LogP contribution in [0.5, 0.6) is 0 Å². The normalized spacial score (nSPS) is 15.7. The van der Waals surface area contributed by atoms with Crippen LogP contribution in [-0.2, 0) is 17.8 Å². The summed E-state index contributed by atoms with van der Waals surface area (Å²) in [5.41, 5.74) is 2.10. The highest BCUT2D eigenvalue weighted by Gasteiger charge is 2.15. The molecule has 1 amide bonds. The van der Waals surface area contributed by atoms with E-state index in [0.717, 1.165) is 42.9 Å². The molecule has 1 aliphatic heterocycles. The zero-order chi connectivity index (χ0) is 20.6. The molecule has 0 radical (unpaired) electrons. The van der Waals surface area contributed by atoms with Crippen molar-refractivity contribution in [2.45, 2.75) is 32.0 Å². The number of hydrogen-bond acceptors (Lipinski definition) is 7. The van der Waals surface area contributed by atoms with Gasteiger partial charge in [0.05, 0.1) is 12.4 Å². The fourth-order valence-corrected chi connectivity index (χ4v) is 3.27. The van der Waals surface area contributed by atoms with Crippen LogP contribution in [0.25, 0.3) is 0 Å². The van der Waals surface area contributed by atoms with E-state index >= 15 is 0 Å². The maximum atomic E-state index is 12.0. The van der Waals surface area contributed by atoms with Gasteiger partial charge in [-0.3, -0.25) is 4.79 Å². The lowest BCUT2D eigenvalue weighted by Gasteiger charge is -2.12. The first kappa shape index (κ1) is 19.9. The number of carbonyl (C=O) groups excluding carboxylic acids is 1. The predicted octanol–water partition coefficient (Wildman–Crippen LogP) is 3.20. The molecular formula is C22H25N5O3. The lowest BCUT2D eigenvalue weighted by molar-refractivity contribution is 0.0923. The van der Waals surface area contributed by atoms with Gasteiger partial charge in [0.1, 0.15) is 5.82 Å². The summed E-state index contributed by atoms with van der Waals surface area (Å²) in [4.78, 5) is 20.8. The number of nitrogens with zero attached hydrogens (tertiary/aromatic N) is 2. The minimum absolute atomic E-state index is 0.229. The van der Waals surface area contributed by atoms with E-state index < -0.39 is 0 Å². The second kappa shape index (κ2) is 9.89. The van der Waals surface area contributed by atoms with Crippen LogP contribution >= 0.6 is 0 Å². The van der Waals surface area contributed by atoms with Crippen LogP contribution in [0, 0.1) is 0 Å². The Balaban J connectivity index is 1.27. The third-order valence-corrected chi connectivity index (χ3v) is 4.83. The molecule has 2 aromatic heterocycles. The van der Waals surface area contributed by atoms with Gasteiger partial charge in [-0.1, -0.05) is 24.3 Å². The van der Waals surface area contributed by atoms with E-state index in [9.17, 15) is 4.79 Å². The van der Waals surface area contributed by atoms with Crippen LogP contribution in [0.2, 0.25) is 0 Å². The monoisotopic (exact) mass is 407 g/mol. The molecule has 8 nitrogen and oxygen atoms in total. The number of nitrogens with one attached hydrogen (secondary N) is 3. The van der Waals surface area contributed by atoms with Crippen LogP contribution in [0.15, 0.2) is 59.3 Å². The molecule has 8 heteroatoms. The summed E-state index contributed by atoms with van der Waals surface area (Å²) in [6.07, 6.45) is 5.64. The number of anilines is 2. The average Bonchev–Trinajstić information content (AvgIpc) is 3.50. The Kier molecular flexibility index (Phi) is 6.56. The molecule has 1 aromatic carbocycles. The number of amides is 1. The van der Waals surface area contributed by atoms with Crippen LogP contribution in [-0.4, -0.2) is 35.1 Å². The Bertz CT molecular complexity index is 955. The van der Waals surface area contributed by atoms with Crippen LogP contribution in [0.1, 0.15) is 34.5 Å². The molecule has 0 unspecified atom stereocenters. The first-order valence-electron chi connectivity index (χ1n) is 10.1. The van der Waals surface area contributed by atoms with Crippen LogP contribution in [0.3, 0.4) is 0 Å². The van der Waals surface area contributed by atoms with Gasteiger partial charge in [0, 0.05) is 32.4 Å². The number of ether oxygens (including phenoxy) is 1. The molecule has 3 heterocycles. The second-order valence-electron chi connectivity index (χ2n) is 7.11. The Hall–Kier alpha value is -3.39. The molecule has 3 N–H and O–H groups in total. The van der Waals surface area contributed by atoms with Crippen molar-refractivity contribution in [1.29, 1.82) is 0 Å². The number of rotatable bonds is 9. The standard InChI is InChI=1S/C22H25N5O3/c28-21(19-7-3-11-30-19)25-14-17-5-1-4-16(12-17)13-24-20-8-9-23-22(27-20)26-15-18-6-2-10-29-18/h1,3-5,7-9,11-12,18H,2,6,10,13-15H2,(H,25,28)(H2,23,24,26,27)/t18-/m1/s1. The van der Waals surface area contributed by atoms with Gasteiger partial charge >= 0.3 is 0 Å². The first-order valence-corrected chi connectivity index (χ1v) is 10.1. The Labute approximate surface area is 175 Å². The van der Waals surface area contributed by atoms with E-state index in [2.05, 4.69) is 25.9 Å². The van der Waals surface area contributed by atoms with E-state index in [1.54, 1.807) is 18.3 Å². The zero-order valence-electron chi connectivity index (χ0n) is 16.6. The van der Waals surface area contributed by atoms with Crippen molar-refractivity contribution in [3.63, 3.8) is 0 Å². The van der Waals surface area contributed by atoms with Gasteiger partial charge < -0.3 is 25.1 Å². The van der Waals surface area contributed by atoms with Gasteiger partial charge in [-0.2, -0.15) is 4.98 Å². The molecule has 0 saturated carbocycles. The highest BCUT2D eigenvalue weighted by atomic mass is 16.5. The van der Waals surface area contributed by atoms with Gasteiger partial charge in [-0.15, -0.1) is 0 Å². The SMILES string of the molecule is O=C(NCc1cccc(CNc2ccnc(NC[C@H]3CCCO3)n2)c1)c1ccco1. The van der Waals surface area contributed by atoms with Crippen molar-refractivity contribution in [3.8, 4) is 0 Å². The fourth-order valence-electron chi connectivity index (χ4n) is 3.27. The maximum absolute atomic E-state index is 12.0. The lowest BCUT2D eigenvalue weighted by Crippen LogP contribution is -2.22. The summed E-state index contributed by atoms with van der Waals surface area (Å²) in [6, 6.07) is 13.2. The number of furan rings is 1. The van der Waals surface area contributed by atoms with E-state index in [1.165, 1.54) is 6.26 Å². The van der Waals surface area contributed by atoms with Gasteiger partial charge in [0.15, 0.2) is 5.76 Å². The van der Waals surface area contributed by atoms with Crippen LogP contribution in [0.4, 0.5) is 11.8 Å². The highest BCUT2D eigenvalue weighted by Crippen LogP contribution is 2.14. The summed E-state index contributed by atoms with van der Waals surface area (Å²) >= 11 is 0. The largest absolute Gasteiger partial charge is 0.459 e. The van der Waals surface area contributed by atoms with Crippen molar-refractivity contribution in [1.82, 2.24) is 15.3 Å². The molecule has 3 aromatic rings. The topological polar surface area (TPSA) is 101 Å². The third-order valence-electron chi connectivity index (χ3n) is 4.83. The lowest BCUT2D eigenvalue weighted by atomic mass is 10.1. The molecule has 30 heavy (non-hydrogen) atoms. The van der Waals surface area contributed by atoms with Crippen molar-refractivity contribution >= 4 is 17.7 Å². The predicted molar refractivity (Wildman–Crippen MR) is 113 cm³/mol. The minimum atomic E-state index is -0.229. The van der Waals surface area contributed by atoms with Crippen molar-refractivity contribution in [2.24, 2.45) is 0 Å². The molecule has 1 fully saturated rings. The molecular weight excluding hydrogens is 382 g/mol. The Morgan fingerprint density at radius 1 is 1.10 bits per heavy atom. The molecule has 1 atom stereocenters. The summed E-state index contributed by atoms with van der Waals surface area (Å²) in [6.45, 7) is 2.59. The second-order valence-corrected chi connectivity index (χ2v) is 7.11. The maximum Gasteiger partial charge on any atom is 0.287 e. The van der Waals surface area contributed by atoms with Gasteiger partial charge in [0.25, 0.3) is 5.91 Å². The summed E-state index contributed by atoms with van der Waals surface area (Å²) in [7, 11) is 0. The number of aromatic nitrogens is 2. The molecule has 156 valence electrons. The number of carbonyl (C=O) groups is 1. The molecule has 1 saturated heterocycles. The quantitative estimate of drug-likeness (QED) is 0.501. The van der Waals surface area contributed by atoms with Crippen molar-refractivity contribution in [2.75, 3.05) is 23.8 Å². The molecule has 1 aliphatic rings. The van der Waals surface area contributed by atoms with Crippen molar-refractivity contribution in [3.05, 3.63) is 71.8 Å². The summed E-state index contributed by atoms with van der Waals surface area (Å²) < 4.78 is 10.7. The molecule has 0 bridgehead atoms. The van der Waals surface area contributed by atoms with Gasteiger partial charge in [-0.25, -0.2) is 4.98 Å². The van der Waals surface area contributed by atoms with Crippen molar-refractivity contribution < 1.29 is 13.9 Å². The Morgan fingerprint density at radius 3 is 2.80 bits per heavy atom. The smallest absolute Gasteiger partial charge is 0.287 e. The summed E-state index contributed by atoms with van der Waals surface area (Å²) in [5.74, 6) is 1.41. The van der Waals surface area contributed by atoms with E-state index in [4.69, 9.17) is 9.15 Å². The fraction of sp³-hybridized carbons (Fsp3) is 0.318. The zero-order valence-corrected chi connectivity index (χ0v) is 16.6. The third kappa shape index (κ3) is 5.57. The summed E-state index contributed by atoms with van der Waals surface area (Å²) in [5, 5.41) is 9.41. The van der Waals surface area contributed by atoms with Gasteiger partial charge in [-0.05, 0) is 42.2 Å². The van der Waals surface area contributed by atoms with E-state index in [1.807, 2.05) is 30.3 Å². The van der Waals surface area contributed by atoms with Crippen LogP contribution < -0.4 is 16.0 Å². The van der Waals surface area contributed by atoms with Gasteiger partial charge in [0.2, 0.25) is 5.95 Å². The first-order chi connectivity index (χ1) is 14.8. The number of hydrogen-bond donors (Lipinski definition) is 3. The number of benzene rings is 1. The minimum Gasteiger partial charge on any atom is -0.459 e. The Morgan fingerprint density at radius 2 is 2.00 bits per heavy atom. The average molecular weight is 407 g/mol. The molecule has 0 aliphatic carbocycles. The molecule has 4 rings (SSSR count). The van der Waals surface area contributed by atoms with E-state index in [0.29, 0.717) is 24.8 Å². The highest BCUT2D eigenvalue weighted by molar-refractivity contribution is 5.91.